The van der Waals surface area contributed by atoms with Crippen molar-refractivity contribution >= 4 is 17.3 Å². The Balaban J connectivity index is 1.18. The third kappa shape index (κ3) is 4.76. The van der Waals surface area contributed by atoms with Gasteiger partial charge in [-0.25, -0.2) is 9.31 Å². The fourth-order valence-corrected chi connectivity index (χ4v) is 5.36. The Labute approximate surface area is 216 Å². The molecule has 0 N–H and O–H groups in total. The zero-order valence-electron chi connectivity index (χ0n) is 21.2. The van der Waals surface area contributed by atoms with E-state index in [1.165, 1.54) is 0 Å². The highest BCUT2D eigenvalue weighted by molar-refractivity contribution is 5.79. The number of pyridine rings is 1. The summed E-state index contributed by atoms with van der Waals surface area (Å²) in [6, 6.07) is 8.37. The first-order valence-electron chi connectivity index (χ1n) is 13.1. The fourth-order valence-electron chi connectivity index (χ4n) is 5.36. The summed E-state index contributed by atoms with van der Waals surface area (Å²) in [5, 5.41) is 4.53. The molecule has 3 aliphatic heterocycles. The third-order valence-electron chi connectivity index (χ3n) is 7.55. The van der Waals surface area contributed by atoms with Gasteiger partial charge < -0.3 is 28.7 Å². The van der Waals surface area contributed by atoms with Crippen molar-refractivity contribution in [1.82, 2.24) is 19.5 Å². The van der Waals surface area contributed by atoms with Gasteiger partial charge >= 0.3 is 6.09 Å². The first-order chi connectivity index (χ1) is 18.1. The molecule has 37 heavy (non-hydrogen) atoms. The van der Waals surface area contributed by atoms with Crippen LogP contribution < -0.4 is 4.90 Å². The van der Waals surface area contributed by atoms with Crippen LogP contribution in [-0.4, -0.2) is 90.9 Å². The fraction of sp³-hybridized carbons (Fsp3) is 0.519. The van der Waals surface area contributed by atoms with E-state index in [0.29, 0.717) is 46.1 Å². The molecule has 6 rings (SSSR count). The van der Waals surface area contributed by atoms with Gasteiger partial charge in [-0.15, -0.1) is 0 Å². The number of carbonyl (C=O) groups is 1. The molecule has 10 nitrogen and oxygen atoms in total. The normalized spacial score (nSPS) is 20.1. The van der Waals surface area contributed by atoms with Gasteiger partial charge in [0.1, 0.15) is 0 Å². The summed E-state index contributed by atoms with van der Waals surface area (Å²) in [5.41, 5.74) is 4.79. The number of aromatic nitrogens is 3. The van der Waals surface area contributed by atoms with Crippen molar-refractivity contribution in [3.8, 4) is 11.3 Å². The number of hydrogen-bond donors (Lipinski definition) is 0. The zero-order chi connectivity index (χ0) is 25.2. The number of ether oxygens (including phenoxy) is 4. The third-order valence-corrected chi connectivity index (χ3v) is 7.55. The van der Waals surface area contributed by atoms with E-state index < -0.39 is 0 Å². The van der Waals surface area contributed by atoms with Gasteiger partial charge in [-0.05, 0) is 25.1 Å². The Morgan fingerprint density at radius 1 is 1.11 bits per heavy atom. The molecule has 0 saturated carbocycles. The highest BCUT2D eigenvalue weighted by Gasteiger charge is 2.35. The number of hydrogen-bond acceptors (Lipinski definition) is 8. The van der Waals surface area contributed by atoms with Gasteiger partial charge in [-0.2, -0.15) is 5.10 Å². The number of fused-ring (bicyclic) bond motifs is 1. The number of rotatable bonds is 6. The lowest BCUT2D eigenvalue weighted by atomic mass is 9.87. The SMILES string of the molecule is CCOC1(c2ccc(-c3cc4c(N5CCN(C(=O)OC6COC6)CC5)ccnn4c3)nc2)CCOCC1. The lowest BCUT2D eigenvalue weighted by Crippen LogP contribution is -2.51. The van der Waals surface area contributed by atoms with Gasteiger partial charge in [0.15, 0.2) is 6.10 Å². The van der Waals surface area contributed by atoms with Crippen LogP contribution in [0.2, 0.25) is 0 Å². The monoisotopic (exact) mass is 507 g/mol. The average molecular weight is 508 g/mol. The van der Waals surface area contributed by atoms with Crippen LogP contribution >= 0.6 is 0 Å². The van der Waals surface area contributed by atoms with Gasteiger partial charge in [0, 0.05) is 88.6 Å². The minimum absolute atomic E-state index is 0.103. The highest BCUT2D eigenvalue weighted by Crippen LogP contribution is 2.36. The molecule has 0 spiro atoms. The Bertz CT molecular complexity index is 1220. The Hall–Kier alpha value is -3.21. The molecule has 0 atom stereocenters. The summed E-state index contributed by atoms with van der Waals surface area (Å²) in [6.07, 6.45) is 7.10. The van der Waals surface area contributed by atoms with Crippen LogP contribution in [0.1, 0.15) is 25.3 Å². The summed E-state index contributed by atoms with van der Waals surface area (Å²) in [6.45, 7) is 7.78. The maximum absolute atomic E-state index is 12.4. The highest BCUT2D eigenvalue weighted by atomic mass is 16.6. The molecule has 3 aromatic rings. The summed E-state index contributed by atoms with van der Waals surface area (Å²) in [5.74, 6) is 0. The second-order valence-corrected chi connectivity index (χ2v) is 9.76. The summed E-state index contributed by atoms with van der Waals surface area (Å²) in [4.78, 5) is 21.3. The molecule has 3 fully saturated rings. The molecule has 0 aromatic carbocycles. The van der Waals surface area contributed by atoms with Crippen molar-refractivity contribution in [1.29, 1.82) is 0 Å². The number of amides is 1. The minimum Gasteiger partial charge on any atom is -0.441 e. The van der Waals surface area contributed by atoms with Crippen molar-refractivity contribution in [2.24, 2.45) is 0 Å². The largest absolute Gasteiger partial charge is 0.441 e. The molecule has 0 radical (unpaired) electrons. The predicted octanol–water partition coefficient (Wildman–Crippen LogP) is 3.10. The van der Waals surface area contributed by atoms with Crippen LogP contribution in [-0.2, 0) is 24.5 Å². The van der Waals surface area contributed by atoms with Crippen LogP contribution in [0.3, 0.4) is 0 Å². The number of nitrogens with zero attached hydrogens (tertiary/aromatic N) is 5. The minimum atomic E-state index is -0.320. The molecule has 1 amide bonds. The topological polar surface area (TPSA) is 90.7 Å². The molecular weight excluding hydrogens is 474 g/mol. The van der Waals surface area contributed by atoms with Crippen molar-refractivity contribution in [3.63, 3.8) is 0 Å². The maximum Gasteiger partial charge on any atom is 0.410 e. The summed E-state index contributed by atoms with van der Waals surface area (Å²) < 4.78 is 24.2. The van der Waals surface area contributed by atoms with E-state index in [0.717, 1.165) is 54.0 Å². The Morgan fingerprint density at radius 2 is 1.92 bits per heavy atom. The molecule has 196 valence electrons. The quantitative estimate of drug-likeness (QED) is 0.503. The Morgan fingerprint density at radius 3 is 2.59 bits per heavy atom. The van der Waals surface area contributed by atoms with Crippen LogP contribution in [0.15, 0.2) is 42.9 Å². The van der Waals surface area contributed by atoms with Gasteiger partial charge in [0.25, 0.3) is 0 Å². The molecule has 3 saturated heterocycles. The van der Waals surface area contributed by atoms with Crippen molar-refractivity contribution < 1.29 is 23.7 Å². The molecule has 0 aliphatic carbocycles. The van der Waals surface area contributed by atoms with E-state index in [1.54, 1.807) is 4.90 Å². The van der Waals surface area contributed by atoms with E-state index in [2.05, 4.69) is 28.2 Å². The number of piperazine rings is 1. The van der Waals surface area contributed by atoms with Gasteiger partial charge in [0.2, 0.25) is 0 Å². The molecule has 10 heteroatoms. The molecule has 3 aliphatic rings. The molecule has 0 unspecified atom stereocenters. The summed E-state index contributed by atoms with van der Waals surface area (Å²) >= 11 is 0. The molecule has 0 bridgehead atoms. The molecular formula is C27H33N5O5. The first kappa shape index (κ1) is 24.1. The van der Waals surface area contributed by atoms with Crippen LogP contribution in [0, 0.1) is 0 Å². The van der Waals surface area contributed by atoms with E-state index in [-0.39, 0.29) is 17.8 Å². The Kier molecular flexibility index (Phi) is 6.71. The predicted molar refractivity (Wildman–Crippen MR) is 137 cm³/mol. The van der Waals surface area contributed by atoms with Gasteiger partial charge in [-0.1, -0.05) is 6.07 Å². The first-order valence-corrected chi connectivity index (χ1v) is 13.1. The van der Waals surface area contributed by atoms with Crippen LogP contribution in [0.4, 0.5) is 10.5 Å². The molecule has 3 aromatic heterocycles. The smallest absolute Gasteiger partial charge is 0.410 e. The van der Waals surface area contributed by atoms with Gasteiger partial charge in [-0.3, -0.25) is 4.98 Å². The second-order valence-electron chi connectivity index (χ2n) is 9.76. The van der Waals surface area contributed by atoms with E-state index in [4.69, 9.17) is 23.9 Å². The lowest BCUT2D eigenvalue weighted by molar-refractivity contribution is -0.113. The number of carbonyl (C=O) groups excluding carboxylic acids is 1. The second kappa shape index (κ2) is 10.3. The van der Waals surface area contributed by atoms with E-state index in [9.17, 15) is 4.79 Å². The average Bonchev–Trinajstić information content (AvgIpc) is 3.36. The molecule has 6 heterocycles. The lowest BCUT2D eigenvalue weighted by Gasteiger charge is -2.37. The van der Waals surface area contributed by atoms with Crippen molar-refractivity contribution in [2.75, 3.05) is 64.1 Å². The van der Waals surface area contributed by atoms with Crippen molar-refractivity contribution in [2.45, 2.75) is 31.5 Å². The van der Waals surface area contributed by atoms with Crippen LogP contribution in [0.5, 0.6) is 0 Å². The summed E-state index contributed by atoms with van der Waals surface area (Å²) in [7, 11) is 0. The van der Waals surface area contributed by atoms with Crippen molar-refractivity contribution in [3.05, 3.63) is 48.4 Å². The zero-order valence-corrected chi connectivity index (χ0v) is 21.2. The van der Waals surface area contributed by atoms with E-state index >= 15 is 0 Å². The van der Waals surface area contributed by atoms with E-state index in [1.807, 2.05) is 36.1 Å². The standard InChI is InChI=1S/C27H33N5O5/c1-2-36-27(6-13-34-14-7-27)21-3-4-23(28-16-21)20-15-25-24(5-8-29-32(25)17-20)30-9-11-31(12-10-30)26(33)37-22-18-35-19-22/h3-5,8,15-17,22H,2,6-7,9-14,18-19H2,1H3. The number of anilines is 1. The van der Waals surface area contributed by atoms with Crippen LogP contribution in [0.25, 0.3) is 16.8 Å². The van der Waals surface area contributed by atoms with Gasteiger partial charge in [0.05, 0.1) is 35.7 Å². The maximum atomic E-state index is 12.4.